The number of phenolic OH excluding ortho intramolecular Hbond substituents is 1. The van der Waals surface area contributed by atoms with E-state index in [1.54, 1.807) is 30.0 Å². The van der Waals surface area contributed by atoms with E-state index in [4.69, 9.17) is 9.72 Å². The average molecular weight is 576 g/mol. The highest BCUT2D eigenvalue weighted by Gasteiger charge is 2.40. The number of aromatic amines is 1. The van der Waals surface area contributed by atoms with Crippen LogP contribution in [0, 0.1) is 5.82 Å². The molecule has 1 amide bonds. The van der Waals surface area contributed by atoms with Gasteiger partial charge in [-0.3, -0.25) is 9.69 Å². The minimum atomic E-state index is -0.341. The molecule has 214 valence electrons. The van der Waals surface area contributed by atoms with Crippen molar-refractivity contribution >= 4 is 34.4 Å². The van der Waals surface area contributed by atoms with E-state index in [1.807, 2.05) is 59.2 Å². The number of ether oxygens (including phenoxy) is 1. The fourth-order valence-electron chi connectivity index (χ4n) is 5.79. The lowest BCUT2D eigenvalue weighted by atomic mass is 10.1. The van der Waals surface area contributed by atoms with Gasteiger partial charge in [-0.15, -0.1) is 0 Å². The minimum absolute atomic E-state index is 0.0753. The van der Waals surface area contributed by atoms with Gasteiger partial charge in [0.05, 0.1) is 29.4 Å². The number of carbonyl (C=O) groups excluding carboxylic acids is 1. The molecule has 0 spiro atoms. The normalized spacial score (nSPS) is 19.7. The summed E-state index contributed by atoms with van der Waals surface area (Å²) in [6, 6.07) is 19.9. The molecule has 2 N–H and O–H groups in total. The summed E-state index contributed by atoms with van der Waals surface area (Å²) in [4.78, 5) is 28.2. The Hall–Kier alpha value is -3.76. The van der Waals surface area contributed by atoms with Gasteiger partial charge in [0, 0.05) is 50.1 Å². The van der Waals surface area contributed by atoms with Crippen LogP contribution in [0.15, 0.2) is 71.9 Å². The molecule has 0 unspecified atom stereocenters. The third-order valence-electron chi connectivity index (χ3n) is 7.84. The summed E-state index contributed by atoms with van der Waals surface area (Å²) < 4.78 is 20.0. The SMILES string of the molecule is CCOc1cccc(CN2C[C@H](Sc3nc4ccccc4[nH]3)C[C@H]2C(=O)N2CCN(c3ccccc3F)CC2)c1O. The van der Waals surface area contributed by atoms with Crippen molar-refractivity contribution < 1.29 is 19.0 Å². The van der Waals surface area contributed by atoms with Gasteiger partial charge in [-0.05, 0) is 43.7 Å². The molecule has 0 saturated carbocycles. The predicted molar refractivity (Wildman–Crippen MR) is 159 cm³/mol. The molecule has 2 aliphatic heterocycles. The van der Waals surface area contributed by atoms with Crippen molar-refractivity contribution in [3.8, 4) is 11.5 Å². The van der Waals surface area contributed by atoms with Crippen LogP contribution in [0.3, 0.4) is 0 Å². The second-order valence-electron chi connectivity index (χ2n) is 10.4. The average Bonchev–Trinajstić information content (AvgIpc) is 3.58. The number of fused-ring (bicyclic) bond motifs is 1. The van der Waals surface area contributed by atoms with Crippen molar-refractivity contribution in [2.24, 2.45) is 0 Å². The molecule has 2 atom stereocenters. The van der Waals surface area contributed by atoms with E-state index < -0.39 is 0 Å². The molecule has 2 fully saturated rings. The number of rotatable bonds is 8. The molecular weight excluding hydrogens is 541 g/mol. The van der Waals surface area contributed by atoms with Crippen LogP contribution in [-0.2, 0) is 11.3 Å². The van der Waals surface area contributed by atoms with E-state index >= 15 is 0 Å². The molecule has 6 rings (SSSR count). The van der Waals surface area contributed by atoms with Crippen molar-refractivity contribution in [2.45, 2.75) is 36.3 Å². The van der Waals surface area contributed by atoms with Crippen LogP contribution < -0.4 is 9.64 Å². The maximum Gasteiger partial charge on any atom is 0.240 e. The Balaban J connectivity index is 1.19. The number of thioether (sulfide) groups is 1. The number of nitrogens with zero attached hydrogens (tertiary/aromatic N) is 4. The topological polar surface area (TPSA) is 84.9 Å². The molecule has 2 saturated heterocycles. The smallest absolute Gasteiger partial charge is 0.240 e. The molecule has 8 nitrogen and oxygen atoms in total. The van der Waals surface area contributed by atoms with Gasteiger partial charge in [-0.1, -0.05) is 48.2 Å². The highest BCUT2D eigenvalue weighted by molar-refractivity contribution is 7.99. The van der Waals surface area contributed by atoms with Crippen LogP contribution in [-0.4, -0.2) is 81.4 Å². The zero-order valence-corrected chi connectivity index (χ0v) is 23.8. The third kappa shape index (κ3) is 5.85. The fourth-order valence-corrected chi connectivity index (χ4v) is 6.97. The Morgan fingerprint density at radius 2 is 1.85 bits per heavy atom. The number of anilines is 1. The number of benzene rings is 3. The highest BCUT2D eigenvalue weighted by atomic mass is 32.2. The molecule has 41 heavy (non-hydrogen) atoms. The number of hydrogen-bond acceptors (Lipinski definition) is 7. The summed E-state index contributed by atoms with van der Waals surface area (Å²) in [5.74, 6) is 0.400. The first-order chi connectivity index (χ1) is 20.0. The highest BCUT2D eigenvalue weighted by Crippen LogP contribution is 2.37. The van der Waals surface area contributed by atoms with Gasteiger partial charge in [0.1, 0.15) is 5.82 Å². The van der Waals surface area contributed by atoms with E-state index in [-0.39, 0.29) is 28.8 Å². The number of nitrogens with one attached hydrogen (secondary N) is 1. The van der Waals surface area contributed by atoms with Gasteiger partial charge in [0.25, 0.3) is 0 Å². The number of H-pyrrole nitrogens is 1. The van der Waals surface area contributed by atoms with Crippen LogP contribution in [0.2, 0.25) is 0 Å². The summed E-state index contributed by atoms with van der Waals surface area (Å²) >= 11 is 1.66. The van der Waals surface area contributed by atoms with Gasteiger partial charge in [-0.2, -0.15) is 0 Å². The van der Waals surface area contributed by atoms with Crippen molar-refractivity contribution in [2.75, 3.05) is 44.2 Å². The molecule has 0 bridgehead atoms. The summed E-state index contributed by atoms with van der Waals surface area (Å²) in [5.41, 5.74) is 3.22. The van der Waals surface area contributed by atoms with Gasteiger partial charge in [-0.25, -0.2) is 9.37 Å². The van der Waals surface area contributed by atoms with Gasteiger partial charge < -0.3 is 24.6 Å². The van der Waals surface area contributed by atoms with Crippen LogP contribution in [0.5, 0.6) is 11.5 Å². The first kappa shape index (κ1) is 27.4. The number of hydrogen-bond donors (Lipinski definition) is 2. The molecule has 0 radical (unpaired) electrons. The molecule has 1 aromatic heterocycles. The maximum atomic E-state index is 14.4. The maximum absolute atomic E-state index is 14.4. The van der Waals surface area contributed by atoms with E-state index in [9.17, 15) is 14.3 Å². The molecule has 3 aromatic carbocycles. The Bertz CT molecular complexity index is 1490. The number of aromatic nitrogens is 2. The second kappa shape index (κ2) is 12.0. The Kier molecular flexibility index (Phi) is 8.02. The number of amides is 1. The minimum Gasteiger partial charge on any atom is -0.504 e. The molecule has 10 heteroatoms. The van der Waals surface area contributed by atoms with Gasteiger partial charge in [0.2, 0.25) is 5.91 Å². The lowest BCUT2D eigenvalue weighted by Gasteiger charge is -2.38. The number of aromatic hydroxyl groups is 1. The van der Waals surface area contributed by atoms with Crippen LogP contribution in [0.25, 0.3) is 11.0 Å². The van der Waals surface area contributed by atoms with E-state index in [0.717, 1.165) is 21.8 Å². The lowest BCUT2D eigenvalue weighted by Crippen LogP contribution is -2.53. The summed E-state index contributed by atoms with van der Waals surface area (Å²) in [5, 5.41) is 11.9. The first-order valence-corrected chi connectivity index (χ1v) is 15.0. The Morgan fingerprint density at radius 1 is 1.07 bits per heavy atom. The number of halogens is 1. The van der Waals surface area contributed by atoms with Crippen molar-refractivity contribution in [3.63, 3.8) is 0 Å². The molecule has 2 aliphatic rings. The monoisotopic (exact) mass is 575 g/mol. The largest absolute Gasteiger partial charge is 0.504 e. The van der Waals surface area contributed by atoms with Crippen LogP contribution in [0.4, 0.5) is 10.1 Å². The fraction of sp³-hybridized carbons (Fsp3) is 0.355. The van der Waals surface area contributed by atoms with Crippen molar-refractivity contribution in [3.05, 3.63) is 78.1 Å². The zero-order chi connectivity index (χ0) is 28.3. The number of para-hydroxylation sites is 4. The van der Waals surface area contributed by atoms with Crippen LogP contribution in [0.1, 0.15) is 18.9 Å². The predicted octanol–water partition coefficient (Wildman–Crippen LogP) is 4.89. The summed E-state index contributed by atoms with van der Waals surface area (Å²) in [7, 11) is 0. The molecule has 0 aliphatic carbocycles. The molecule has 3 heterocycles. The van der Waals surface area contributed by atoms with E-state index in [2.05, 4.69) is 9.88 Å². The number of piperazine rings is 1. The lowest BCUT2D eigenvalue weighted by molar-refractivity contribution is -0.136. The number of imidazole rings is 1. The number of phenols is 1. The van der Waals surface area contributed by atoms with Crippen molar-refractivity contribution in [1.82, 2.24) is 19.8 Å². The van der Waals surface area contributed by atoms with Gasteiger partial charge in [0.15, 0.2) is 16.7 Å². The van der Waals surface area contributed by atoms with E-state index in [1.165, 1.54) is 6.07 Å². The standard InChI is InChI=1S/C31H34FN5O3S/c1-2-40-28-13-7-8-21(29(28)38)19-37-20-22(41-31-33-24-10-4-5-11-25(24)34-31)18-27(37)30(39)36-16-14-35(15-17-36)26-12-6-3-9-23(26)32/h3-13,22,27,38H,2,14-20H2,1H3,(H,33,34)/t22-,27+/m1/s1. The first-order valence-electron chi connectivity index (χ1n) is 14.1. The molecule has 4 aromatic rings. The summed E-state index contributed by atoms with van der Waals surface area (Å²) in [6.07, 6.45) is 0.667. The Morgan fingerprint density at radius 3 is 2.63 bits per heavy atom. The van der Waals surface area contributed by atoms with Crippen molar-refractivity contribution in [1.29, 1.82) is 0 Å². The number of likely N-dealkylation sites (tertiary alicyclic amines) is 1. The number of carbonyl (C=O) groups is 1. The van der Waals surface area contributed by atoms with Gasteiger partial charge >= 0.3 is 0 Å². The Labute approximate surface area is 243 Å². The second-order valence-corrected chi connectivity index (χ2v) is 11.7. The molecular formula is C31H34FN5O3S. The third-order valence-corrected chi connectivity index (χ3v) is 8.93. The quantitative estimate of drug-likeness (QED) is 0.310. The zero-order valence-electron chi connectivity index (χ0n) is 23.0. The van der Waals surface area contributed by atoms with E-state index in [0.29, 0.717) is 63.7 Å². The summed E-state index contributed by atoms with van der Waals surface area (Å²) in [6.45, 7) is 5.65. The van der Waals surface area contributed by atoms with Crippen LogP contribution >= 0.6 is 11.8 Å².